The maximum atomic E-state index is 13.9. The molecule has 1 aliphatic rings. The molecule has 0 bridgehead atoms. The number of hydrogen-bond acceptors (Lipinski definition) is 1. The number of hydrogen-bond donors (Lipinski definition) is 0. The first-order valence-electron chi connectivity index (χ1n) is 9.48. The first-order valence-corrected chi connectivity index (χ1v) is 9.48. The van der Waals surface area contributed by atoms with Crippen LogP contribution in [0.3, 0.4) is 0 Å². The highest BCUT2D eigenvalue weighted by molar-refractivity contribution is 5.95. The van der Waals surface area contributed by atoms with Crippen molar-refractivity contribution in [2.75, 3.05) is 0 Å². The van der Waals surface area contributed by atoms with Crippen molar-refractivity contribution in [2.45, 2.75) is 83.2 Å². The molecule has 0 aliphatic heterocycles. The molecule has 1 saturated carbocycles. The van der Waals surface area contributed by atoms with Gasteiger partial charge in [0.1, 0.15) is 6.17 Å². The van der Waals surface area contributed by atoms with Gasteiger partial charge in [-0.25, -0.2) is 4.39 Å². The normalized spacial score (nSPS) is 17.1. The Morgan fingerprint density at radius 1 is 1.00 bits per heavy atom. The summed E-state index contributed by atoms with van der Waals surface area (Å²) in [7, 11) is 0. The van der Waals surface area contributed by atoms with Crippen LogP contribution < -0.4 is 0 Å². The summed E-state index contributed by atoms with van der Waals surface area (Å²) in [4.78, 5) is 11.9. The second-order valence-electron chi connectivity index (χ2n) is 7.07. The molecule has 0 aromatic heterocycles. The van der Waals surface area contributed by atoms with Crippen molar-refractivity contribution in [3.63, 3.8) is 0 Å². The Hall–Kier alpha value is -1.18. The van der Waals surface area contributed by atoms with Crippen molar-refractivity contribution >= 4 is 5.78 Å². The van der Waals surface area contributed by atoms with Crippen LogP contribution in [0.25, 0.3) is 0 Å². The van der Waals surface area contributed by atoms with Crippen LogP contribution in [0, 0.1) is 5.92 Å². The van der Waals surface area contributed by atoms with E-state index in [1.165, 1.54) is 38.5 Å². The molecule has 1 aromatic rings. The van der Waals surface area contributed by atoms with Crippen molar-refractivity contribution in [1.29, 1.82) is 0 Å². The van der Waals surface area contributed by atoms with Crippen molar-refractivity contribution in [1.82, 2.24) is 0 Å². The fourth-order valence-electron chi connectivity index (χ4n) is 3.67. The van der Waals surface area contributed by atoms with Gasteiger partial charge in [-0.1, -0.05) is 81.7 Å². The lowest BCUT2D eigenvalue weighted by molar-refractivity contribution is 0.0978. The molecule has 2 heteroatoms. The first-order chi connectivity index (χ1) is 11.3. The SMILES string of the molecule is O=C(CCCC[C@@H](F)CCCC1CCCCC1)c1ccccc1. The van der Waals surface area contributed by atoms with Crippen LogP contribution in [-0.2, 0) is 0 Å². The summed E-state index contributed by atoms with van der Waals surface area (Å²) in [6, 6.07) is 9.39. The van der Waals surface area contributed by atoms with Gasteiger partial charge in [-0.05, 0) is 25.2 Å². The first kappa shape index (κ1) is 18.2. The number of carbonyl (C=O) groups is 1. The highest BCUT2D eigenvalue weighted by Gasteiger charge is 2.14. The Balaban J connectivity index is 1.49. The smallest absolute Gasteiger partial charge is 0.162 e. The molecule has 0 N–H and O–H groups in total. The van der Waals surface area contributed by atoms with Gasteiger partial charge in [-0.3, -0.25) is 4.79 Å². The minimum atomic E-state index is -0.676. The Labute approximate surface area is 140 Å². The van der Waals surface area contributed by atoms with Crippen LogP contribution in [0.2, 0.25) is 0 Å². The maximum Gasteiger partial charge on any atom is 0.162 e. The highest BCUT2D eigenvalue weighted by Crippen LogP contribution is 2.28. The average molecular weight is 318 g/mol. The van der Waals surface area contributed by atoms with Gasteiger partial charge >= 0.3 is 0 Å². The molecule has 0 heterocycles. The summed E-state index contributed by atoms with van der Waals surface area (Å²) in [5, 5.41) is 0. The lowest BCUT2D eigenvalue weighted by Gasteiger charge is -2.21. The van der Waals surface area contributed by atoms with Crippen LogP contribution in [-0.4, -0.2) is 12.0 Å². The van der Waals surface area contributed by atoms with E-state index in [0.29, 0.717) is 19.3 Å². The lowest BCUT2D eigenvalue weighted by atomic mass is 9.85. The van der Waals surface area contributed by atoms with Gasteiger partial charge in [0.05, 0.1) is 0 Å². The van der Waals surface area contributed by atoms with Crippen molar-refractivity contribution in [3.8, 4) is 0 Å². The number of halogens is 1. The monoisotopic (exact) mass is 318 g/mol. The molecular formula is C21H31FO. The topological polar surface area (TPSA) is 17.1 Å². The summed E-state index contributed by atoms with van der Waals surface area (Å²) in [5.74, 6) is 1.04. The average Bonchev–Trinajstić information content (AvgIpc) is 2.60. The minimum absolute atomic E-state index is 0.179. The van der Waals surface area contributed by atoms with E-state index in [0.717, 1.165) is 30.7 Å². The van der Waals surface area contributed by atoms with Crippen molar-refractivity contribution in [3.05, 3.63) is 35.9 Å². The van der Waals surface area contributed by atoms with E-state index in [1.54, 1.807) is 0 Å². The zero-order valence-electron chi connectivity index (χ0n) is 14.3. The molecular weight excluding hydrogens is 287 g/mol. The summed E-state index contributed by atoms with van der Waals surface area (Å²) in [5.41, 5.74) is 0.775. The molecule has 0 unspecified atom stereocenters. The standard InChI is InChI=1S/C21H31FO/c22-20(16-9-12-18-10-3-1-4-11-18)15-7-8-17-21(23)19-13-5-2-6-14-19/h2,5-6,13-14,18,20H,1,3-4,7-12,15-17H2/t20-/m1/s1. The number of benzene rings is 1. The fourth-order valence-corrected chi connectivity index (χ4v) is 3.67. The molecule has 1 aliphatic carbocycles. The largest absolute Gasteiger partial charge is 0.294 e. The second-order valence-corrected chi connectivity index (χ2v) is 7.07. The highest BCUT2D eigenvalue weighted by atomic mass is 19.1. The number of alkyl halides is 1. The number of rotatable bonds is 10. The molecule has 0 radical (unpaired) electrons. The molecule has 0 amide bonds. The molecule has 0 saturated heterocycles. The molecule has 0 spiro atoms. The third-order valence-corrected chi connectivity index (χ3v) is 5.12. The maximum absolute atomic E-state index is 13.9. The van der Waals surface area contributed by atoms with Crippen LogP contribution >= 0.6 is 0 Å². The van der Waals surface area contributed by atoms with E-state index in [2.05, 4.69) is 0 Å². The summed E-state index contributed by atoms with van der Waals surface area (Å²) < 4.78 is 13.9. The lowest BCUT2D eigenvalue weighted by Crippen LogP contribution is -2.08. The Bertz CT molecular complexity index is 436. The van der Waals surface area contributed by atoms with Crippen LogP contribution in [0.5, 0.6) is 0 Å². The van der Waals surface area contributed by atoms with Gasteiger partial charge in [0.25, 0.3) is 0 Å². The number of carbonyl (C=O) groups excluding carboxylic acids is 1. The van der Waals surface area contributed by atoms with Gasteiger partial charge in [0.2, 0.25) is 0 Å². The molecule has 128 valence electrons. The second kappa shape index (κ2) is 10.6. The molecule has 1 nitrogen and oxygen atoms in total. The molecule has 23 heavy (non-hydrogen) atoms. The Morgan fingerprint density at radius 2 is 1.70 bits per heavy atom. The molecule has 2 rings (SSSR count). The van der Waals surface area contributed by atoms with Crippen LogP contribution in [0.15, 0.2) is 30.3 Å². The van der Waals surface area contributed by atoms with E-state index in [9.17, 15) is 9.18 Å². The molecule has 1 atom stereocenters. The summed E-state index contributed by atoms with van der Waals surface area (Å²) >= 11 is 0. The Morgan fingerprint density at radius 3 is 2.43 bits per heavy atom. The molecule has 1 aromatic carbocycles. The van der Waals surface area contributed by atoms with Gasteiger partial charge in [0.15, 0.2) is 5.78 Å². The van der Waals surface area contributed by atoms with Gasteiger partial charge in [0, 0.05) is 12.0 Å². The van der Waals surface area contributed by atoms with Gasteiger partial charge < -0.3 is 0 Å². The van der Waals surface area contributed by atoms with E-state index in [4.69, 9.17) is 0 Å². The quantitative estimate of drug-likeness (QED) is 0.354. The number of Topliss-reactive ketones (excluding diaryl/α,β-unsaturated/α-hetero) is 1. The van der Waals surface area contributed by atoms with E-state index >= 15 is 0 Å². The minimum Gasteiger partial charge on any atom is -0.294 e. The fraction of sp³-hybridized carbons (Fsp3) is 0.667. The Kier molecular flexibility index (Phi) is 8.35. The van der Waals surface area contributed by atoms with E-state index < -0.39 is 6.17 Å². The van der Waals surface area contributed by atoms with Gasteiger partial charge in [-0.2, -0.15) is 0 Å². The predicted molar refractivity (Wildman–Crippen MR) is 94.6 cm³/mol. The summed E-state index contributed by atoms with van der Waals surface area (Å²) in [6.07, 6.45) is 11.9. The van der Waals surface area contributed by atoms with E-state index in [-0.39, 0.29) is 5.78 Å². The van der Waals surface area contributed by atoms with E-state index in [1.807, 2.05) is 30.3 Å². The molecule has 1 fully saturated rings. The third-order valence-electron chi connectivity index (χ3n) is 5.12. The zero-order chi connectivity index (χ0) is 16.3. The number of unbranched alkanes of at least 4 members (excludes halogenated alkanes) is 1. The van der Waals surface area contributed by atoms with Crippen LogP contribution in [0.4, 0.5) is 4.39 Å². The van der Waals surface area contributed by atoms with Gasteiger partial charge in [-0.15, -0.1) is 0 Å². The van der Waals surface area contributed by atoms with Crippen molar-refractivity contribution < 1.29 is 9.18 Å². The number of ketones is 1. The predicted octanol–water partition coefficient (Wildman–Crippen LogP) is 6.52. The van der Waals surface area contributed by atoms with Crippen molar-refractivity contribution in [2.24, 2.45) is 5.92 Å². The summed E-state index contributed by atoms with van der Waals surface area (Å²) in [6.45, 7) is 0. The third kappa shape index (κ3) is 7.28. The zero-order valence-corrected chi connectivity index (χ0v) is 14.3. The van der Waals surface area contributed by atoms with Crippen LogP contribution in [0.1, 0.15) is 87.4 Å².